The lowest BCUT2D eigenvalue weighted by molar-refractivity contribution is -0.119. The maximum Gasteiger partial charge on any atom is 0.276 e. The second-order valence-corrected chi connectivity index (χ2v) is 6.87. The minimum absolute atomic E-state index is 0.0509. The van der Waals surface area contributed by atoms with E-state index in [1.54, 1.807) is 6.92 Å². The first-order chi connectivity index (χ1) is 13.7. The normalized spacial score (nSPS) is 11.8. The van der Waals surface area contributed by atoms with Crippen molar-refractivity contribution in [1.29, 1.82) is 0 Å². The summed E-state index contributed by atoms with van der Waals surface area (Å²) in [5.41, 5.74) is 0.677. The van der Waals surface area contributed by atoms with E-state index in [0.29, 0.717) is 11.4 Å². The number of amides is 2. The molecule has 10 heteroatoms. The molecule has 1 heterocycles. The Bertz CT molecular complexity index is 1090. The SMILES string of the molecule is CC(C(=O)Nc1ccc(F)c(Cl)c1)n1ccc(C(=O)Nc2ccc(F)c(Cl)c2)n1. The molecule has 0 spiro atoms. The molecule has 3 aromatic rings. The van der Waals surface area contributed by atoms with Crippen molar-refractivity contribution in [1.82, 2.24) is 9.78 Å². The maximum atomic E-state index is 13.2. The largest absolute Gasteiger partial charge is 0.324 e. The number of aromatic nitrogens is 2. The van der Waals surface area contributed by atoms with Crippen LogP contribution in [0.4, 0.5) is 20.2 Å². The summed E-state index contributed by atoms with van der Waals surface area (Å²) < 4.78 is 27.7. The highest BCUT2D eigenvalue weighted by molar-refractivity contribution is 6.31. The number of benzene rings is 2. The molecule has 3 rings (SSSR count). The fourth-order valence-corrected chi connectivity index (χ4v) is 2.75. The Kier molecular flexibility index (Phi) is 6.14. The number of halogens is 4. The van der Waals surface area contributed by atoms with Crippen molar-refractivity contribution in [2.24, 2.45) is 0 Å². The molecular formula is C19H14Cl2F2N4O2. The highest BCUT2D eigenvalue weighted by Gasteiger charge is 2.19. The summed E-state index contributed by atoms with van der Waals surface area (Å²) in [5.74, 6) is -2.18. The number of nitrogens with one attached hydrogen (secondary N) is 2. The molecule has 2 aromatic carbocycles. The fourth-order valence-electron chi connectivity index (χ4n) is 2.38. The van der Waals surface area contributed by atoms with E-state index in [1.165, 1.54) is 41.2 Å². The minimum Gasteiger partial charge on any atom is -0.324 e. The molecule has 150 valence electrons. The van der Waals surface area contributed by atoms with Gasteiger partial charge in [-0.3, -0.25) is 14.3 Å². The zero-order chi connectivity index (χ0) is 21.1. The molecule has 0 aliphatic rings. The van der Waals surface area contributed by atoms with E-state index < -0.39 is 29.5 Å². The number of hydrogen-bond acceptors (Lipinski definition) is 3. The van der Waals surface area contributed by atoms with E-state index in [1.807, 2.05) is 0 Å². The van der Waals surface area contributed by atoms with Gasteiger partial charge in [0.15, 0.2) is 5.69 Å². The molecule has 1 aromatic heterocycles. The molecule has 2 N–H and O–H groups in total. The standard InChI is InChI=1S/C19H14Cl2F2N4O2/c1-10(18(28)24-11-2-4-15(22)13(20)8-11)27-7-6-17(26-27)19(29)25-12-3-5-16(23)14(21)9-12/h2-10H,1H3,(H,24,28)(H,25,29). The van der Waals surface area contributed by atoms with Crippen LogP contribution >= 0.6 is 23.2 Å². The Morgan fingerprint density at radius 2 is 1.52 bits per heavy atom. The molecule has 0 saturated heterocycles. The molecule has 1 unspecified atom stereocenters. The maximum absolute atomic E-state index is 13.2. The smallest absolute Gasteiger partial charge is 0.276 e. The fraction of sp³-hybridized carbons (Fsp3) is 0.105. The van der Waals surface area contributed by atoms with Gasteiger partial charge in [0.05, 0.1) is 10.0 Å². The molecule has 6 nitrogen and oxygen atoms in total. The van der Waals surface area contributed by atoms with Crippen LogP contribution in [0.25, 0.3) is 0 Å². The van der Waals surface area contributed by atoms with Crippen LogP contribution in [0, 0.1) is 11.6 Å². The average Bonchev–Trinajstić information content (AvgIpc) is 3.17. The van der Waals surface area contributed by atoms with Crippen LogP contribution in [0.2, 0.25) is 10.0 Å². The van der Waals surface area contributed by atoms with E-state index in [9.17, 15) is 18.4 Å². The van der Waals surface area contributed by atoms with Gasteiger partial charge in [-0.1, -0.05) is 23.2 Å². The molecular weight excluding hydrogens is 425 g/mol. The third-order valence-electron chi connectivity index (χ3n) is 3.98. The van der Waals surface area contributed by atoms with E-state index in [0.717, 1.165) is 12.1 Å². The number of hydrogen-bond donors (Lipinski definition) is 2. The Labute approximate surface area is 174 Å². The van der Waals surface area contributed by atoms with E-state index in [4.69, 9.17) is 23.2 Å². The summed E-state index contributed by atoms with van der Waals surface area (Å²) in [6.45, 7) is 1.58. The second-order valence-electron chi connectivity index (χ2n) is 6.06. The second kappa shape index (κ2) is 8.59. The van der Waals surface area contributed by atoms with E-state index in [2.05, 4.69) is 15.7 Å². The van der Waals surface area contributed by atoms with E-state index in [-0.39, 0.29) is 15.7 Å². The molecule has 0 saturated carbocycles. The van der Waals surface area contributed by atoms with Gasteiger partial charge >= 0.3 is 0 Å². The number of anilines is 2. The monoisotopic (exact) mass is 438 g/mol. The van der Waals surface area contributed by atoms with Crippen molar-refractivity contribution in [2.75, 3.05) is 10.6 Å². The summed E-state index contributed by atoms with van der Waals surface area (Å²) in [6.07, 6.45) is 1.47. The van der Waals surface area contributed by atoms with Gasteiger partial charge in [0.25, 0.3) is 5.91 Å². The van der Waals surface area contributed by atoms with Crippen molar-refractivity contribution < 1.29 is 18.4 Å². The van der Waals surface area contributed by atoms with Crippen LogP contribution in [0.15, 0.2) is 48.7 Å². The highest BCUT2D eigenvalue weighted by Crippen LogP contribution is 2.21. The van der Waals surface area contributed by atoms with Gasteiger partial charge in [-0.05, 0) is 49.4 Å². The highest BCUT2D eigenvalue weighted by atomic mass is 35.5. The molecule has 1 atom stereocenters. The summed E-state index contributed by atoms with van der Waals surface area (Å²) in [6, 6.07) is 8.24. The Hall–Kier alpha value is -2.97. The zero-order valence-corrected chi connectivity index (χ0v) is 16.4. The predicted octanol–water partition coefficient (Wildman–Crippen LogP) is 4.92. The Morgan fingerprint density at radius 1 is 0.966 bits per heavy atom. The van der Waals surface area contributed by atoms with Crippen LogP contribution in [0.5, 0.6) is 0 Å². The number of rotatable bonds is 5. The summed E-state index contributed by atoms with van der Waals surface area (Å²) in [7, 11) is 0. The quantitative estimate of drug-likeness (QED) is 0.593. The van der Waals surface area contributed by atoms with Crippen LogP contribution in [-0.2, 0) is 4.79 Å². The Morgan fingerprint density at radius 3 is 2.07 bits per heavy atom. The Balaban J connectivity index is 1.67. The lowest BCUT2D eigenvalue weighted by Crippen LogP contribution is -2.24. The first-order valence-corrected chi connectivity index (χ1v) is 9.07. The molecule has 2 amide bonds. The lowest BCUT2D eigenvalue weighted by atomic mass is 10.2. The topological polar surface area (TPSA) is 76.0 Å². The molecule has 0 aliphatic carbocycles. The molecule has 0 aliphatic heterocycles. The molecule has 0 radical (unpaired) electrons. The van der Waals surface area contributed by atoms with Crippen LogP contribution in [-0.4, -0.2) is 21.6 Å². The summed E-state index contributed by atoms with van der Waals surface area (Å²) in [4.78, 5) is 24.7. The summed E-state index contributed by atoms with van der Waals surface area (Å²) in [5, 5.41) is 8.99. The van der Waals surface area contributed by atoms with Crippen molar-refractivity contribution >= 4 is 46.4 Å². The van der Waals surface area contributed by atoms with Crippen molar-refractivity contribution in [2.45, 2.75) is 13.0 Å². The van der Waals surface area contributed by atoms with Crippen molar-refractivity contribution in [3.8, 4) is 0 Å². The lowest BCUT2D eigenvalue weighted by Gasteiger charge is -2.13. The van der Waals surface area contributed by atoms with Gasteiger partial charge < -0.3 is 10.6 Å². The molecule has 0 fully saturated rings. The molecule has 29 heavy (non-hydrogen) atoms. The summed E-state index contributed by atoms with van der Waals surface area (Å²) >= 11 is 11.4. The first-order valence-electron chi connectivity index (χ1n) is 8.32. The van der Waals surface area contributed by atoms with Crippen molar-refractivity contribution in [3.63, 3.8) is 0 Å². The van der Waals surface area contributed by atoms with Crippen molar-refractivity contribution in [3.05, 3.63) is 76.0 Å². The van der Waals surface area contributed by atoms with Crippen LogP contribution < -0.4 is 10.6 Å². The van der Waals surface area contributed by atoms with Gasteiger partial charge in [-0.15, -0.1) is 0 Å². The van der Waals surface area contributed by atoms with Crippen LogP contribution in [0.3, 0.4) is 0 Å². The predicted molar refractivity (Wildman–Crippen MR) is 106 cm³/mol. The van der Waals surface area contributed by atoms with Crippen LogP contribution in [0.1, 0.15) is 23.5 Å². The van der Waals surface area contributed by atoms with Gasteiger partial charge in [0, 0.05) is 17.6 Å². The average molecular weight is 439 g/mol. The number of nitrogens with zero attached hydrogens (tertiary/aromatic N) is 2. The van der Waals surface area contributed by atoms with E-state index >= 15 is 0 Å². The van der Waals surface area contributed by atoms with Gasteiger partial charge in [-0.2, -0.15) is 5.10 Å². The van der Waals surface area contributed by atoms with Gasteiger partial charge in [-0.25, -0.2) is 8.78 Å². The number of carbonyl (C=O) groups is 2. The zero-order valence-electron chi connectivity index (χ0n) is 14.9. The third-order valence-corrected chi connectivity index (χ3v) is 4.56. The minimum atomic E-state index is -0.763. The molecule has 0 bridgehead atoms. The number of carbonyl (C=O) groups excluding carboxylic acids is 2. The third kappa shape index (κ3) is 4.90. The van der Waals surface area contributed by atoms with Gasteiger partial charge in [0.1, 0.15) is 17.7 Å². The first kappa shape index (κ1) is 20.8. The van der Waals surface area contributed by atoms with Gasteiger partial charge in [0.2, 0.25) is 5.91 Å².